The maximum absolute atomic E-state index is 14.6. The first kappa shape index (κ1) is 19.1. The summed E-state index contributed by atoms with van der Waals surface area (Å²) in [7, 11) is -3.56. The number of amides is 1. The second-order valence-corrected chi connectivity index (χ2v) is 8.56. The lowest BCUT2D eigenvalue weighted by Gasteiger charge is -2.36. The highest BCUT2D eigenvalue weighted by Gasteiger charge is 2.31. The lowest BCUT2D eigenvalue weighted by Crippen LogP contribution is -2.51. The largest absolute Gasteiger partial charge is 0.368 e. The van der Waals surface area contributed by atoms with E-state index < -0.39 is 16.0 Å². The maximum Gasteiger partial charge on any atom is 0.279 e. The first-order valence-corrected chi connectivity index (χ1v) is 10.3. The third-order valence-electron chi connectivity index (χ3n) is 5.10. The van der Waals surface area contributed by atoms with Gasteiger partial charge in [-0.3, -0.25) is 4.79 Å². The summed E-state index contributed by atoms with van der Waals surface area (Å²) in [5.41, 5.74) is 1.11. The van der Waals surface area contributed by atoms with Crippen molar-refractivity contribution in [2.24, 2.45) is 0 Å². The Bertz CT molecular complexity index is 778. The molecule has 0 aliphatic carbocycles. The zero-order valence-corrected chi connectivity index (χ0v) is 15.9. The fraction of sp³-hybridized carbons (Fsp3) is 0.588. The van der Waals surface area contributed by atoms with Crippen molar-refractivity contribution in [1.82, 2.24) is 13.9 Å². The van der Waals surface area contributed by atoms with Gasteiger partial charge in [0.1, 0.15) is 5.82 Å². The van der Waals surface area contributed by atoms with Crippen LogP contribution in [0.15, 0.2) is 18.2 Å². The van der Waals surface area contributed by atoms with Crippen LogP contribution < -0.4 is 9.62 Å². The first-order chi connectivity index (χ1) is 12.3. The van der Waals surface area contributed by atoms with Gasteiger partial charge in [0.15, 0.2) is 0 Å². The lowest BCUT2D eigenvalue weighted by molar-refractivity contribution is -0.129. The number of carbonyl (C=O) groups is 1. The van der Waals surface area contributed by atoms with Crippen molar-refractivity contribution >= 4 is 21.8 Å². The van der Waals surface area contributed by atoms with Crippen molar-refractivity contribution in [2.75, 3.05) is 37.6 Å². The van der Waals surface area contributed by atoms with Gasteiger partial charge in [-0.25, -0.2) is 9.11 Å². The summed E-state index contributed by atoms with van der Waals surface area (Å²) in [6.45, 7) is 6.35. The highest BCUT2D eigenvalue weighted by atomic mass is 32.2. The zero-order chi connectivity index (χ0) is 18.9. The van der Waals surface area contributed by atoms with E-state index in [0.717, 1.165) is 5.69 Å². The number of nitrogens with zero attached hydrogens (tertiary/aromatic N) is 3. The summed E-state index contributed by atoms with van der Waals surface area (Å²) in [5.74, 6) is -0.360. The minimum Gasteiger partial charge on any atom is -0.368 e. The average Bonchev–Trinajstić information content (AvgIpc) is 2.59. The summed E-state index contributed by atoms with van der Waals surface area (Å²) in [6.07, 6.45) is 0.694. The number of rotatable bonds is 3. The van der Waals surface area contributed by atoms with Gasteiger partial charge in [-0.1, -0.05) is 6.07 Å². The summed E-state index contributed by atoms with van der Waals surface area (Å²) < 4.78 is 42.7. The number of hydrogen-bond donors (Lipinski definition) is 1. The van der Waals surface area contributed by atoms with Crippen LogP contribution in [0.5, 0.6) is 0 Å². The summed E-state index contributed by atoms with van der Waals surface area (Å²) in [6, 6.07) is 4.75. The number of benzene rings is 1. The van der Waals surface area contributed by atoms with E-state index >= 15 is 0 Å². The summed E-state index contributed by atoms with van der Waals surface area (Å²) in [5, 5.41) is 0. The van der Waals surface area contributed by atoms with Crippen molar-refractivity contribution in [3.05, 3.63) is 29.6 Å². The van der Waals surface area contributed by atoms with E-state index in [4.69, 9.17) is 0 Å². The van der Waals surface area contributed by atoms with Crippen LogP contribution in [0.2, 0.25) is 0 Å². The van der Waals surface area contributed by atoms with Gasteiger partial charge in [0.2, 0.25) is 5.91 Å². The molecule has 0 saturated carbocycles. The molecule has 1 N–H and O–H groups in total. The Balaban J connectivity index is 1.71. The monoisotopic (exact) mass is 384 g/mol. The Morgan fingerprint density at radius 1 is 1.27 bits per heavy atom. The molecular weight excluding hydrogens is 359 g/mol. The van der Waals surface area contributed by atoms with E-state index in [1.165, 1.54) is 10.4 Å². The quantitative estimate of drug-likeness (QED) is 0.841. The molecule has 1 aromatic rings. The molecule has 26 heavy (non-hydrogen) atoms. The van der Waals surface area contributed by atoms with Crippen LogP contribution in [-0.4, -0.2) is 62.3 Å². The minimum atomic E-state index is -3.56. The molecule has 1 aromatic carbocycles. The number of halogens is 1. The smallest absolute Gasteiger partial charge is 0.279 e. The van der Waals surface area contributed by atoms with Gasteiger partial charge >= 0.3 is 0 Å². The van der Waals surface area contributed by atoms with E-state index in [1.54, 1.807) is 17.9 Å². The number of piperazine rings is 1. The fourth-order valence-corrected chi connectivity index (χ4v) is 4.84. The Labute approximate surface area is 153 Å². The van der Waals surface area contributed by atoms with E-state index in [2.05, 4.69) is 4.72 Å². The molecule has 0 bridgehead atoms. The predicted molar refractivity (Wildman–Crippen MR) is 97.4 cm³/mol. The van der Waals surface area contributed by atoms with Crippen LogP contribution >= 0.6 is 0 Å². The normalized spacial score (nSPS) is 23.9. The molecule has 3 rings (SSSR count). The van der Waals surface area contributed by atoms with E-state index in [9.17, 15) is 17.6 Å². The summed E-state index contributed by atoms with van der Waals surface area (Å²) in [4.78, 5) is 15.2. The number of carbonyl (C=O) groups excluding carboxylic acids is 1. The van der Waals surface area contributed by atoms with E-state index in [1.807, 2.05) is 17.9 Å². The Kier molecular flexibility index (Phi) is 5.50. The zero-order valence-electron chi connectivity index (χ0n) is 15.1. The third kappa shape index (κ3) is 3.99. The van der Waals surface area contributed by atoms with Crippen LogP contribution in [0.4, 0.5) is 10.1 Å². The van der Waals surface area contributed by atoms with Gasteiger partial charge < -0.3 is 9.80 Å². The molecule has 2 aliphatic rings. The second kappa shape index (κ2) is 7.50. The number of nitrogens with one attached hydrogen (secondary N) is 1. The molecule has 0 aromatic heterocycles. The maximum atomic E-state index is 14.6. The van der Waals surface area contributed by atoms with Crippen molar-refractivity contribution in [3.63, 3.8) is 0 Å². The Morgan fingerprint density at radius 3 is 2.54 bits per heavy atom. The fourth-order valence-electron chi connectivity index (χ4n) is 3.41. The molecule has 0 spiro atoms. The molecule has 2 heterocycles. The molecule has 2 saturated heterocycles. The highest BCUT2D eigenvalue weighted by molar-refractivity contribution is 7.87. The van der Waals surface area contributed by atoms with E-state index in [0.29, 0.717) is 44.7 Å². The van der Waals surface area contributed by atoms with Crippen LogP contribution in [-0.2, 0) is 21.5 Å². The predicted octanol–water partition coefficient (Wildman–Crippen LogP) is 0.923. The lowest BCUT2D eigenvalue weighted by atomic mass is 10.1. The molecule has 0 radical (unpaired) electrons. The van der Waals surface area contributed by atoms with Gasteiger partial charge in [-0.05, 0) is 25.5 Å². The van der Waals surface area contributed by atoms with Crippen LogP contribution in [0.25, 0.3) is 0 Å². The molecular formula is C17H25FN4O3S. The minimum absolute atomic E-state index is 0.0146. The third-order valence-corrected chi connectivity index (χ3v) is 6.78. The van der Waals surface area contributed by atoms with Gasteiger partial charge in [-0.2, -0.15) is 12.7 Å². The van der Waals surface area contributed by atoms with Crippen molar-refractivity contribution < 1.29 is 17.6 Å². The SMILES string of the molecule is CC(=O)N1CCN(c2ccc(CN3C(C)CCNS3(=O)=O)c(F)c2)CC1. The van der Waals surface area contributed by atoms with E-state index in [-0.39, 0.29) is 18.5 Å². The van der Waals surface area contributed by atoms with Crippen molar-refractivity contribution in [2.45, 2.75) is 32.9 Å². The number of hydrogen-bond acceptors (Lipinski definition) is 4. The standard InChI is InChI=1S/C17H25FN4O3S/c1-13-5-6-19-26(24,25)22(13)12-15-3-4-16(11-17(15)18)21-9-7-20(8-10-21)14(2)23/h3-4,11,13,19H,5-10,12H2,1-2H3. The van der Waals surface area contributed by atoms with Gasteiger partial charge in [0, 0.05) is 63.5 Å². The summed E-state index contributed by atoms with van der Waals surface area (Å²) >= 11 is 0. The molecule has 1 unspecified atom stereocenters. The topological polar surface area (TPSA) is 73.0 Å². The van der Waals surface area contributed by atoms with Crippen molar-refractivity contribution in [1.29, 1.82) is 0 Å². The molecule has 1 atom stereocenters. The Morgan fingerprint density at radius 2 is 1.96 bits per heavy atom. The molecule has 2 aliphatic heterocycles. The number of anilines is 1. The highest BCUT2D eigenvalue weighted by Crippen LogP contribution is 2.24. The Hall–Kier alpha value is -1.71. The molecule has 9 heteroatoms. The van der Waals surface area contributed by atoms with Crippen LogP contribution in [0, 0.1) is 5.82 Å². The average molecular weight is 384 g/mol. The van der Waals surface area contributed by atoms with Crippen molar-refractivity contribution in [3.8, 4) is 0 Å². The first-order valence-electron chi connectivity index (χ1n) is 8.83. The van der Waals surface area contributed by atoms with Gasteiger partial charge in [0.25, 0.3) is 10.2 Å². The molecule has 7 nitrogen and oxygen atoms in total. The van der Waals surface area contributed by atoms with Gasteiger partial charge in [-0.15, -0.1) is 0 Å². The molecule has 1 amide bonds. The van der Waals surface area contributed by atoms with Crippen LogP contribution in [0.3, 0.4) is 0 Å². The molecule has 2 fully saturated rings. The van der Waals surface area contributed by atoms with Gasteiger partial charge in [0.05, 0.1) is 0 Å². The van der Waals surface area contributed by atoms with Crippen LogP contribution in [0.1, 0.15) is 25.8 Å². The second-order valence-electron chi connectivity index (χ2n) is 6.85. The molecule has 144 valence electrons.